The number of carbonyl (C=O) groups is 1. The second-order valence-corrected chi connectivity index (χ2v) is 5.27. The molecule has 3 N–H and O–H groups in total. The Kier molecular flexibility index (Phi) is 2.63. The van der Waals surface area contributed by atoms with E-state index in [-0.39, 0.29) is 17.4 Å². The molecule has 0 aliphatic carbocycles. The zero-order chi connectivity index (χ0) is 11.1. The Morgan fingerprint density at radius 3 is 2.29 bits per heavy atom. The average molecular weight is 200 g/mol. The Balaban J connectivity index is 2.57. The molecule has 0 bridgehead atoms. The van der Waals surface area contributed by atoms with Crippen LogP contribution in [0.4, 0.5) is 0 Å². The Hall–Kier alpha value is -0.610. The number of β-lactam (4-membered cyclic amide) rings is 1. The average Bonchev–Trinajstić information content (AvgIpc) is 2.01. The summed E-state index contributed by atoms with van der Waals surface area (Å²) in [7, 11) is 0. The van der Waals surface area contributed by atoms with E-state index < -0.39 is 5.60 Å². The molecule has 1 rings (SSSR count). The minimum absolute atomic E-state index is 0.0117. The van der Waals surface area contributed by atoms with E-state index in [1.807, 2.05) is 13.8 Å². The smallest absolute Gasteiger partial charge is 0.241 e. The highest BCUT2D eigenvalue weighted by atomic mass is 16.3. The van der Waals surface area contributed by atoms with Gasteiger partial charge in [0.05, 0.1) is 5.60 Å². The maximum atomic E-state index is 11.3. The summed E-state index contributed by atoms with van der Waals surface area (Å²) in [6.07, 6.45) is 0. The third kappa shape index (κ3) is 1.91. The molecule has 1 unspecified atom stereocenters. The summed E-state index contributed by atoms with van der Waals surface area (Å²) in [5.41, 5.74) is 4.37. The van der Waals surface area contributed by atoms with E-state index in [0.717, 1.165) is 0 Å². The Bertz CT molecular complexity index is 243. The standard InChI is InChI=1S/C10H20N2O2/c1-9(2,10(3,4)14)6-12-5-7(11)8(12)13/h7,14H,5-6,11H2,1-4H3. The number of likely N-dealkylation sites (tertiary alicyclic amines) is 1. The van der Waals surface area contributed by atoms with E-state index in [0.29, 0.717) is 13.1 Å². The molecule has 4 heteroatoms. The van der Waals surface area contributed by atoms with Crippen LogP contribution in [0, 0.1) is 5.41 Å². The van der Waals surface area contributed by atoms with Gasteiger partial charge in [-0.05, 0) is 13.8 Å². The number of rotatable bonds is 3. The van der Waals surface area contributed by atoms with Crippen LogP contribution in [-0.4, -0.2) is 40.6 Å². The molecule has 0 aromatic heterocycles. The first kappa shape index (κ1) is 11.5. The summed E-state index contributed by atoms with van der Waals surface area (Å²) < 4.78 is 0. The van der Waals surface area contributed by atoms with Crippen molar-refractivity contribution >= 4 is 5.91 Å². The number of nitrogens with zero attached hydrogens (tertiary/aromatic N) is 1. The van der Waals surface area contributed by atoms with Crippen LogP contribution in [0.25, 0.3) is 0 Å². The second-order valence-electron chi connectivity index (χ2n) is 5.27. The predicted octanol–water partition coefficient (Wildman–Crippen LogP) is -0.0470. The molecule has 4 nitrogen and oxygen atoms in total. The summed E-state index contributed by atoms with van der Waals surface area (Å²) in [6.45, 7) is 8.59. The molecule has 0 aromatic rings. The van der Waals surface area contributed by atoms with Gasteiger partial charge < -0.3 is 15.7 Å². The fraction of sp³-hybridized carbons (Fsp3) is 0.900. The van der Waals surface area contributed by atoms with Crippen molar-refractivity contribution in [3.63, 3.8) is 0 Å². The Morgan fingerprint density at radius 1 is 1.50 bits per heavy atom. The third-order valence-corrected chi connectivity index (χ3v) is 3.29. The zero-order valence-electron chi connectivity index (χ0n) is 9.37. The van der Waals surface area contributed by atoms with Gasteiger partial charge in [0.2, 0.25) is 5.91 Å². The van der Waals surface area contributed by atoms with Gasteiger partial charge in [-0.25, -0.2) is 0 Å². The van der Waals surface area contributed by atoms with Gasteiger partial charge in [0.25, 0.3) is 0 Å². The molecular formula is C10H20N2O2. The van der Waals surface area contributed by atoms with Gasteiger partial charge in [-0.3, -0.25) is 4.79 Å². The zero-order valence-corrected chi connectivity index (χ0v) is 9.37. The lowest BCUT2D eigenvalue weighted by molar-refractivity contribution is -0.148. The molecule has 1 atom stereocenters. The van der Waals surface area contributed by atoms with Crippen LogP contribution in [0.2, 0.25) is 0 Å². The SMILES string of the molecule is CC(C)(O)C(C)(C)CN1CC(N)C1=O. The lowest BCUT2D eigenvalue weighted by Gasteiger charge is -2.45. The summed E-state index contributed by atoms with van der Waals surface area (Å²) >= 11 is 0. The normalized spacial score (nSPS) is 23.7. The molecule has 0 aromatic carbocycles. The summed E-state index contributed by atoms with van der Waals surface area (Å²) in [4.78, 5) is 13.0. The van der Waals surface area contributed by atoms with E-state index in [1.54, 1.807) is 18.7 Å². The largest absolute Gasteiger partial charge is 0.390 e. The highest BCUT2D eigenvalue weighted by Gasteiger charge is 2.42. The van der Waals surface area contributed by atoms with E-state index >= 15 is 0 Å². The number of aliphatic hydroxyl groups is 1. The van der Waals surface area contributed by atoms with Crippen LogP contribution < -0.4 is 5.73 Å². The highest BCUT2D eigenvalue weighted by molar-refractivity contribution is 5.87. The first-order chi connectivity index (χ1) is 6.15. The van der Waals surface area contributed by atoms with Crippen molar-refractivity contribution in [1.82, 2.24) is 4.90 Å². The molecule has 0 radical (unpaired) electrons. The van der Waals surface area contributed by atoms with Crippen molar-refractivity contribution in [2.75, 3.05) is 13.1 Å². The van der Waals surface area contributed by atoms with Gasteiger partial charge in [0.15, 0.2) is 0 Å². The Labute approximate surface area is 85.1 Å². The maximum Gasteiger partial charge on any atom is 0.241 e. The summed E-state index contributed by atoms with van der Waals surface area (Å²) in [6, 6.07) is -0.326. The second kappa shape index (κ2) is 3.21. The van der Waals surface area contributed by atoms with Gasteiger partial charge in [-0.2, -0.15) is 0 Å². The van der Waals surface area contributed by atoms with Gasteiger partial charge >= 0.3 is 0 Å². The first-order valence-corrected chi connectivity index (χ1v) is 4.92. The molecule has 1 amide bonds. The number of carbonyl (C=O) groups excluding carboxylic acids is 1. The van der Waals surface area contributed by atoms with Crippen LogP contribution in [-0.2, 0) is 4.79 Å². The molecular weight excluding hydrogens is 180 g/mol. The molecule has 82 valence electrons. The minimum atomic E-state index is -0.799. The topological polar surface area (TPSA) is 66.6 Å². The van der Waals surface area contributed by atoms with Gasteiger partial charge in [-0.15, -0.1) is 0 Å². The van der Waals surface area contributed by atoms with E-state index in [9.17, 15) is 9.90 Å². The summed E-state index contributed by atoms with van der Waals surface area (Å²) in [5.74, 6) is -0.0117. The Morgan fingerprint density at radius 2 is 2.00 bits per heavy atom. The monoisotopic (exact) mass is 200 g/mol. The minimum Gasteiger partial charge on any atom is -0.390 e. The van der Waals surface area contributed by atoms with Crippen molar-refractivity contribution in [3.8, 4) is 0 Å². The number of hydrogen-bond acceptors (Lipinski definition) is 3. The number of hydrogen-bond donors (Lipinski definition) is 2. The molecule has 1 aliphatic rings. The van der Waals surface area contributed by atoms with E-state index in [4.69, 9.17) is 5.73 Å². The molecule has 1 fully saturated rings. The van der Waals surface area contributed by atoms with Crippen molar-refractivity contribution in [3.05, 3.63) is 0 Å². The lowest BCUT2D eigenvalue weighted by Crippen LogP contribution is -2.64. The third-order valence-electron chi connectivity index (χ3n) is 3.29. The first-order valence-electron chi connectivity index (χ1n) is 4.92. The van der Waals surface area contributed by atoms with Crippen molar-refractivity contribution in [1.29, 1.82) is 0 Å². The summed E-state index contributed by atoms with van der Waals surface area (Å²) in [5, 5.41) is 9.90. The molecule has 0 saturated carbocycles. The van der Waals surface area contributed by atoms with Crippen LogP contribution in [0.3, 0.4) is 0 Å². The molecule has 1 heterocycles. The number of amides is 1. The van der Waals surface area contributed by atoms with Crippen molar-refractivity contribution < 1.29 is 9.90 Å². The molecule has 0 spiro atoms. The van der Waals surface area contributed by atoms with Crippen LogP contribution >= 0.6 is 0 Å². The van der Waals surface area contributed by atoms with Gasteiger partial charge in [0, 0.05) is 18.5 Å². The fourth-order valence-corrected chi connectivity index (χ4v) is 1.34. The lowest BCUT2D eigenvalue weighted by atomic mass is 9.76. The molecule has 14 heavy (non-hydrogen) atoms. The molecule has 1 aliphatic heterocycles. The van der Waals surface area contributed by atoms with Crippen LogP contribution in [0.5, 0.6) is 0 Å². The maximum absolute atomic E-state index is 11.3. The van der Waals surface area contributed by atoms with Gasteiger partial charge in [0.1, 0.15) is 6.04 Å². The van der Waals surface area contributed by atoms with Crippen LogP contribution in [0.1, 0.15) is 27.7 Å². The van der Waals surface area contributed by atoms with Crippen LogP contribution in [0.15, 0.2) is 0 Å². The van der Waals surface area contributed by atoms with E-state index in [2.05, 4.69) is 0 Å². The number of nitrogens with two attached hydrogens (primary N) is 1. The van der Waals surface area contributed by atoms with Crippen molar-refractivity contribution in [2.24, 2.45) is 11.1 Å². The van der Waals surface area contributed by atoms with Crippen molar-refractivity contribution in [2.45, 2.75) is 39.3 Å². The molecule has 1 saturated heterocycles. The highest BCUT2D eigenvalue weighted by Crippen LogP contribution is 2.32. The van der Waals surface area contributed by atoms with Gasteiger partial charge in [-0.1, -0.05) is 13.8 Å². The van der Waals surface area contributed by atoms with E-state index in [1.165, 1.54) is 0 Å². The fourth-order valence-electron chi connectivity index (χ4n) is 1.34. The predicted molar refractivity (Wildman–Crippen MR) is 54.6 cm³/mol. The quantitative estimate of drug-likeness (QED) is 0.628.